The van der Waals surface area contributed by atoms with Gasteiger partial charge in [-0.2, -0.15) is 0 Å². The summed E-state index contributed by atoms with van der Waals surface area (Å²) in [6.45, 7) is 6.97. The van der Waals surface area contributed by atoms with Gasteiger partial charge in [0.2, 0.25) is 5.91 Å². The number of carbonyl (C=O) groups is 1. The highest BCUT2D eigenvalue weighted by Gasteiger charge is 2.28. The lowest BCUT2D eigenvalue weighted by Gasteiger charge is -2.13. The van der Waals surface area contributed by atoms with Crippen LogP contribution in [0.1, 0.15) is 44.3 Å². The maximum absolute atomic E-state index is 11.8. The molecule has 1 aliphatic rings. The van der Waals surface area contributed by atoms with Crippen LogP contribution in [0.3, 0.4) is 0 Å². The highest BCUT2D eigenvalue weighted by Crippen LogP contribution is 2.31. The Bertz CT molecular complexity index is 446. The van der Waals surface area contributed by atoms with Crippen molar-refractivity contribution in [2.45, 2.75) is 51.5 Å². The Morgan fingerprint density at radius 1 is 1.58 bits per heavy atom. The van der Waals surface area contributed by atoms with Crippen LogP contribution in [-0.4, -0.2) is 23.5 Å². The Morgan fingerprint density at radius 3 is 2.79 bits per heavy atom. The van der Waals surface area contributed by atoms with Crippen molar-refractivity contribution in [1.82, 2.24) is 10.3 Å². The first-order valence-electron chi connectivity index (χ1n) is 6.83. The van der Waals surface area contributed by atoms with Crippen LogP contribution in [0.5, 0.6) is 0 Å². The molecule has 19 heavy (non-hydrogen) atoms. The molecule has 1 atom stereocenters. The minimum atomic E-state index is 0.0156. The molecule has 1 heterocycles. The van der Waals surface area contributed by atoms with E-state index in [1.54, 1.807) is 11.3 Å². The second-order valence-electron chi connectivity index (χ2n) is 6.38. The molecule has 1 aromatic heterocycles. The highest BCUT2D eigenvalue weighted by atomic mass is 32.1. The van der Waals surface area contributed by atoms with E-state index in [0.29, 0.717) is 18.9 Å². The lowest BCUT2D eigenvalue weighted by atomic mass is 9.98. The number of amides is 1. The largest absolute Gasteiger partial charge is 0.354 e. The van der Waals surface area contributed by atoms with Crippen molar-refractivity contribution in [3.63, 3.8) is 0 Å². The van der Waals surface area contributed by atoms with Gasteiger partial charge in [0.1, 0.15) is 0 Å². The average molecular weight is 281 g/mol. The van der Waals surface area contributed by atoms with Crippen LogP contribution in [0.2, 0.25) is 0 Å². The first kappa shape index (κ1) is 14.5. The van der Waals surface area contributed by atoms with Crippen LogP contribution in [-0.2, 0) is 16.6 Å². The van der Waals surface area contributed by atoms with E-state index in [2.05, 4.69) is 31.1 Å². The van der Waals surface area contributed by atoms with Crippen LogP contribution in [0.15, 0.2) is 5.38 Å². The summed E-state index contributed by atoms with van der Waals surface area (Å²) < 4.78 is 0. The summed E-state index contributed by atoms with van der Waals surface area (Å²) in [5.41, 5.74) is 6.86. The first-order chi connectivity index (χ1) is 8.86. The molecule has 3 N–H and O–H groups in total. The predicted molar refractivity (Wildman–Crippen MR) is 78.2 cm³/mol. The van der Waals surface area contributed by atoms with Crippen LogP contribution in [0.25, 0.3) is 0 Å². The molecule has 0 aliphatic heterocycles. The van der Waals surface area contributed by atoms with E-state index >= 15 is 0 Å². The van der Waals surface area contributed by atoms with E-state index in [1.165, 1.54) is 12.8 Å². The lowest BCUT2D eigenvalue weighted by molar-refractivity contribution is -0.120. The minimum absolute atomic E-state index is 0.0156. The number of nitrogens with one attached hydrogen (secondary N) is 1. The first-order valence-corrected chi connectivity index (χ1v) is 7.71. The molecule has 4 nitrogen and oxygen atoms in total. The number of hydrogen-bond acceptors (Lipinski definition) is 4. The molecule has 0 radical (unpaired) electrons. The molecule has 0 saturated heterocycles. The standard InChI is InChI=1S/C14H23N3OS/c1-14(2,3)13-17-10(8-19-13)6-12(18)16-7-11(15)9-4-5-9/h8-9,11H,4-7,15H2,1-3H3,(H,16,18). The van der Waals surface area contributed by atoms with Gasteiger partial charge in [0, 0.05) is 23.4 Å². The van der Waals surface area contributed by atoms with Gasteiger partial charge in [0.05, 0.1) is 17.1 Å². The number of carbonyl (C=O) groups excluding carboxylic acids is 1. The van der Waals surface area contributed by atoms with Crippen molar-refractivity contribution in [2.24, 2.45) is 11.7 Å². The molecule has 5 heteroatoms. The Hall–Kier alpha value is -0.940. The molecule has 1 saturated carbocycles. The third-order valence-corrected chi connectivity index (χ3v) is 4.61. The van der Waals surface area contributed by atoms with Crippen LogP contribution in [0, 0.1) is 5.92 Å². The summed E-state index contributed by atoms with van der Waals surface area (Å²) in [4.78, 5) is 16.3. The summed E-state index contributed by atoms with van der Waals surface area (Å²) in [5, 5.41) is 5.95. The second-order valence-corrected chi connectivity index (χ2v) is 7.23. The van der Waals surface area contributed by atoms with Gasteiger partial charge in [-0.1, -0.05) is 20.8 Å². The number of nitrogens with two attached hydrogens (primary N) is 1. The minimum Gasteiger partial charge on any atom is -0.354 e. The van der Waals surface area contributed by atoms with E-state index in [9.17, 15) is 4.79 Å². The number of nitrogens with zero attached hydrogens (tertiary/aromatic N) is 1. The fourth-order valence-electron chi connectivity index (χ4n) is 1.88. The molecule has 1 aromatic rings. The summed E-state index contributed by atoms with van der Waals surface area (Å²) in [5.74, 6) is 0.633. The normalized spacial score (nSPS) is 17.3. The maximum Gasteiger partial charge on any atom is 0.226 e. The Kier molecular flexibility index (Phi) is 4.26. The monoisotopic (exact) mass is 281 g/mol. The fourth-order valence-corrected chi connectivity index (χ4v) is 2.79. The molecule has 1 unspecified atom stereocenters. The molecule has 1 amide bonds. The van der Waals surface area contributed by atoms with E-state index in [1.807, 2.05) is 5.38 Å². The topological polar surface area (TPSA) is 68.0 Å². The average Bonchev–Trinajstić information content (AvgIpc) is 3.05. The smallest absolute Gasteiger partial charge is 0.226 e. The number of rotatable bonds is 5. The van der Waals surface area contributed by atoms with Crippen molar-refractivity contribution in [1.29, 1.82) is 0 Å². The number of hydrogen-bond donors (Lipinski definition) is 2. The summed E-state index contributed by atoms with van der Waals surface area (Å²) in [7, 11) is 0. The zero-order chi connectivity index (χ0) is 14.0. The molecule has 0 bridgehead atoms. The summed E-state index contributed by atoms with van der Waals surface area (Å²) >= 11 is 1.62. The van der Waals surface area contributed by atoms with Crippen molar-refractivity contribution in [3.8, 4) is 0 Å². The van der Waals surface area contributed by atoms with Gasteiger partial charge >= 0.3 is 0 Å². The van der Waals surface area contributed by atoms with Crippen LogP contribution in [0.4, 0.5) is 0 Å². The number of thiazole rings is 1. The zero-order valence-electron chi connectivity index (χ0n) is 11.9. The van der Waals surface area contributed by atoms with Gasteiger partial charge < -0.3 is 11.1 Å². The molecule has 106 valence electrons. The lowest BCUT2D eigenvalue weighted by Crippen LogP contribution is -2.39. The quantitative estimate of drug-likeness (QED) is 0.865. The molecule has 0 aromatic carbocycles. The van der Waals surface area contributed by atoms with Gasteiger partial charge in [-0.05, 0) is 18.8 Å². The molecule has 2 rings (SSSR count). The van der Waals surface area contributed by atoms with Crippen LogP contribution < -0.4 is 11.1 Å². The van der Waals surface area contributed by atoms with Gasteiger partial charge in [0.25, 0.3) is 0 Å². The molecule has 1 aliphatic carbocycles. The molecular formula is C14H23N3OS. The van der Waals surface area contributed by atoms with E-state index < -0.39 is 0 Å². The van der Waals surface area contributed by atoms with Gasteiger partial charge in [-0.3, -0.25) is 4.79 Å². The van der Waals surface area contributed by atoms with Gasteiger partial charge in [0.15, 0.2) is 0 Å². The Morgan fingerprint density at radius 2 is 2.26 bits per heavy atom. The SMILES string of the molecule is CC(C)(C)c1nc(CC(=O)NCC(N)C2CC2)cs1. The van der Waals surface area contributed by atoms with Gasteiger partial charge in [-0.25, -0.2) is 4.98 Å². The fraction of sp³-hybridized carbons (Fsp3) is 0.714. The van der Waals surface area contributed by atoms with E-state index in [4.69, 9.17) is 5.73 Å². The Balaban J connectivity index is 1.79. The van der Waals surface area contributed by atoms with Crippen molar-refractivity contribution < 1.29 is 4.79 Å². The maximum atomic E-state index is 11.8. The molecule has 0 spiro atoms. The van der Waals surface area contributed by atoms with Crippen molar-refractivity contribution >= 4 is 17.2 Å². The zero-order valence-corrected chi connectivity index (χ0v) is 12.7. The second kappa shape index (κ2) is 5.59. The predicted octanol–water partition coefficient (Wildman–Crippen LogP) is 1.84. The third kappa shape index (κ3) is 4.28. The van der Waals surface area contributed by atoms with E-state index in [0.717, 1.165) is 10.7 Å². The van der Waals surface area contributed by atoms with E-state index in [-0.39, 0.29) is 17.4 Å². The summed E-state index contributed by atoms with van der Waals surface area (Å²) in [6, 6.07) is 0.115. The molecule has 1 fully saturated rings. The van der Waals surface area contributed by atoms with Crippen molar-refractivity contribution in [2.75, 3.05) is 6.54 Å². The van der Waals surface area contributed by atoms with Gasteiger partial charge in [-0.15, -0.1) is 11.3 Å². The Labute approximate surface area is 118 Å². The third-order valence-electron chi connectivity index (χ3n) is 3.30. The van der Waals surface area contributed by atoms with Crippen LogP contribution >= 0.6 is 11.3 Å². The van der Waals surface area contributed by atoms with Crippen molar-refractivity contribution in [3.05, 3.63) is 16.1 Å². The summed E-state index contributed by atoms with van der Waals surface area (Å²) in [6.07, 6.45) is 2.76. The molecular weight excluding hydrogens is 258 g/mol. The number of aromatic nitrogens is 1. The highest BCUT2D eigenvalue weighted by molar-refractivity contribution is 7.09.